The van der Waals surface area contributed by atoms with Gasteiger partial charge in [0.2, 0.25) is 11.4 Å². The highest BCUT2D eigenvalue weighted by Gasteiger charge is 2.36. The van der Waals surface area contributed by atoms with E-state index in [0.29, 0.717) is 0 Å². The van der Waals surface area contributed by atoms with Crippen molar-refractivity contribution in [1.29, 1.82) is 0 Å². The molecule has 0 atom stereocenters. The first-order valence-corrected chi connectivity index (χ1v) is 25.2. The average Bonchev–Trinajstić information content (AvgIpc) is 3.47. The quantitative estimate of drug-likeness (QED) is 0.0509. The zero-order valence-electron chi connectivity index (χ0n) is 39.1. The molecule has 3 rings (SSSR count). The molecule has 0 spiro atoms. The van der Waals surface area contributed by atoms with Crippen molar-refractivity contribution in [2.24, 2.45) is 0 Å². The molecule has 0 unspecified atom stereocenters. The van der Waals surface area contributed by atoms with Gasteiger partial charge in [-0.1, -0.05) is 190 Å². The monoisotopic (exact) mass is 779 g/mol. The maximum Gasteiger partial charge on any atom is 0.211 e. The number of nitrogens with zero attached hydrogens (tertiary/aromatic N) is 2. The molecule has 1 heterocycles. The topological polar surface area (TPSA) is 25.3 Å². The molecule has 320 valence electrons. The minimum Gasteiger partial charge on any atom is -0.493 e. The van der Waals surface area contributed by atoms with Crippen LogP contribution in [-0.2, 0) is 38.5 Å². The van der Waals surface area contributed by atoms with Crippen LogP contribution in [0.5, 0.6) is 0 Å². The number of unbranched alkanes of at least 4 members (excludes halogenated alkanes) is 15. The van der Waals surface area contributed by atoms with Gasteiger partial charge >= 0.3 is 0 Å². The van der Waals surface area contributed by atoms with E-state index < -0.39 is 0 Å². The molecular formula is C55H90N2. The first-order valence-electron chi connectivity index (χ1n) is 25.2. The Hall–Kier alpha value is -2.48. The van der Waals surface area contributed by atoms with Gasteiger partial charge in [-0.3, -0.25) is 0 Å². The van der Waals surface area contributed by atoms with E-state index in [0.717, 1.165) is 88.4 Å². The second-order valence-electron chi connectivity index (χ2n) is 17.8. The Morgan fingerprint density at radius 1 is 0.316 bits per heavy atom. The van der Waals surface area contributed by atoms with Gasteiger partial charge in [-0.25, -0.2) is 4.70 Å². The van der Waals surface area contributed by atoms with Crippen LogP contribution in [0.25, 0.3) is 16.9 Å². The summed E-state index contributed by atoms with van der Waals surface area (Å²) in [5.41, 5.74) is 29.7. The van der Waals surface area contributed by atoms with Crippen molar-refractivity contribution in [3.63, 3.8) is 0 Å². The second kappa shape index (κ2) is 28.9. The van der Waals surface area contributed by atoms with E-state index in [2.05, 4.69) is 79.7 Å². The van der Waals surface area contributed by atoms with Gasteiger partial charge in [0.1, 0.15) is 0 Å². The molecule has 57 heavy (non-hydrogen) atoms. The van der Waals surface area contributed by atoms with Gasteiger partial charge in [-0.05, 0) is 122 Å². The number of hydrogen-bond donors (Lipinski definition) is 0. The lowest BCUT2D eigenvalue weighted by atomic mass is 9.86. The van der Waals surface area contributed by atoms with Crippen LogP contribution in [0.1, 0.15) is 260 Å². The average molecular weight is 779 g/mol. The second-order valence-corrected chi connectivity index (χ2v) is 17.8. The molecule has 2 aromatic carbocycles. The molecule has 2 heteroatoms. The molecule has 2 nitrogen and oxygen atoms in total. The summed E-state index contributed by atoms with van der Waals surface area (Å²) in [6.45, 7) is 18.6. The van der Waals surface area contributed by atoms with Gasteiger partial charge in [0.15, 0.2) is 0 Å². The van der Waals surface area contributed by atoms with Gasteiger partial charge in [-0.15, -0.1) is 0 Å². The summed E-state index contributed by atoms with van der Waals surface area (Å²) in [5, 5.41) is 0. The third-order valence-electron chi connectivity index (χ3n) is 12.7. The molecule has 0 amide bonds. The Kier molecular flexibility index (Phi) is 24.8. The van der Waals surface area contributed by atoms with E-state index in [1.165, 1.54) is 167 Å². The summed E-state index contributed by atoms with van der Waals surface area (Å²) in [6.07, 6.45) is 38.5. The SMILES string of the molecule is CCCCCCCCCCCCCC1=C(c2cc(CCC)c(CCC)c(CCC)c2)[N+](=[N-])C(c2cc(CCC)c(CCC)c(CCC)c2)=C1CCCCCCCC. The Labute approximate surface area is 354 Å². The third kappa shape index (κ3) is 15.2. The van der Waals surface area contributed by atoms with Crippen LogP contribution in [0.4, 0.5) is 0 Å². The van der Waals surface area contributed by atoms with Crippen LogP contribution in [-0.4, -0.2) is 4.70 Å². The fourth-order valence-electron chi connectivity index (χ4n) is 9.81. The largest absolute Gasteiger partial charge is 0.493 e. The first kappa shape index (κ1) is 48.9. The number of rotatable bonds is 33. The zero-order chi connectivity index (χ0) is 41.3. The van der Waals surface area contributed by atoms with Crippen LogP contribution in [0.2, 0.25) is 0 Å². The van der Waals surface area contributed by atoms with Crippen molar-refractivity contribution in [2.75, 3.05) is 0 Å². The van der Waals surface area contributed by atoms with Crippen molar-refractivity contribution in [1.82, 2.24) is 0 Å². The smallest absolute Gasteiger partial charge is 0.211 e. The summed E-state index contributed by atoms with van der Waals surface area (Å²) in [4.78, 5) is 0. The number of hydrogen-bond acceptors (Lipinski definition) is 0. The maximum absolute atomic E-state index is 12.9. The molecular weight excluding hydrogens is 689 g/mol. The first-order chi connectivity index (χ1) is 27.9. The molecule has 0 saturated carbocycles. The van der Waals surface area contributed by atoms with Crippen molar-refractivity contribution in [3.05, 3.63) is 85.5 Å². The molecule has 0 bridgehead atoms. The molecule has 0 saturated heterocycles. The highest BCUT2D eigenvalue weighted by molar-refractivity contribution is 5.83. The van der Waals surface area contributed by atoms with Crippen LogP contribution >= 0.6 is 0 Å². The number of benzene rings is 2. The van der Waals surface area contributed by atoms with Crippen LogP contribution in [0, 0.1) is 0 Å². The van der Waals surface area contributed by atoms with Gasteiger partial charge in [0.05, 0.1) is 0 Å². The lowest BCUT2D eigenvalue weighted by Gasteiger charge is -2.19. The Morgan fingerprint density at radius 2 is 0.579 bits per heavy atom. The van der Waals surface area contributed by atoms with Crippen LogP contribution in [0.15, 0.2) is 35.4 Å². The highest BCUT2D eigenvalue weighted by Crippen LogP contribution is 2.46. The summed E-state index contributed by atoms with van der Waals surface area (Å²) in [5.74, 6) is 0. The summed E-state index contributed by atoms with van der Waals surface area (Å²) in [7, 11) is 0. The summed E-state index contributed by atoms with van der Waals surface area (Å²) in [6, 6.07) is 10.0. The van der Waals surface area contributed by atoms with E-state index in [-0.39, 0.29) is 0 Å². The Balaban J connectivity index is 2.17. The van der Waals surface area contributed by atoms with Crippen molar-refractivity contribution < 1.29 is 4.70 Å². The molecule has 0 fully saturated rings. The lowest BCUT2D eigenvalue weighted by Crippen LogP contribution is -2.08. The molecule has 0 aromatic heterocycles. The summed E-state index contributed by atoms with van der Waals surface area (Å²) < 4.78 is 1.72. The van der Waals surface area contributed by atoms with E-state index in [1.807, 2.05) is 0 Å². The third-order valence-corrected chi connectivity index (χ3v) is 12.7. The molecule has 0 aliphatic carbocycles. The van der Waals surface area contributed by atoms with Crippen molar-refractivity contribution in [3.8, 4) is 0 Å². The number of aryl methyl sites for hydroxylation is 4. The highest BCUT2D eigenvalue weighted by atomic mass is 15.2. The fraction of sp³-hybridized carbons (Fsp3) is 0.709. The lowest BCUT2D eigenvalue weighted by molar-refractivity contribution is -0.345. The fourth-order valence-corrected chi connectivity index (χ4v) is 9.81. The molecule has 1 aliphatic heterocycles. The molecule has 2 aromatic rings. The van der Waals surface area contributed by atoms with E-state index in [1.54, 1.807) is 15.8 Å². The molecule has 1 aliphatic rings. The van der Waals surface area contributed by atoms with Crippen molar-refractivity contribution >= 4 is 11.4 Å². The van der Waals surface area contributed by atoms with E-state index in [4.69, 9.17) is 0 Å². The Bertz CT molecular complexity index is 1460. The number of allylic oxidation sites excluding steroid dienone is 2. The standard InChI is InChI=1S/C55H90N2/c1-9-17-19-21-23-24-25-26-27-29-31-39-53-52(38-30-28-22-20-18-10-2)54(48-40-44(32-11-3)50(36-15-7)45(41-48)33-12-4)57(56)55(53)49-42-46(34-13-5)51(37-16-8)47(43-49)35-14-6/h40-43H,9-39H2,1-8H3. The molecule has 0 N–H and O–H groups in total. The predicted octanol–water partition coefficient (Wildman–Crippen LogP) is 18.0. The minimum absolute atomic E-state index is 1.05. The van der Waals surface area contributed by atoms with Crippen molar-refractivity contribution in [2.45, 2.75) is 254 Å². The van der Waals surface area contributed by atoms with E-state index in [9.17, 15) is 5.53 Å². The Morgan fingerprint density at radius 3 is 0.842 bits per heavy atom. The molecule has 0 radical (unpaired) electrons. The zero-order valence-corrected chi connectivity index (χ0v) is 39.1. The van der Waals surface area contributed by atoms with Gasteiger partial charge < -0.3 is 5.53 Å². The van der Waals surface area contributed by atoms with Gasteiger partial charge in [0.25, 0.3) is 0 Å². The van der Waals surface area contributed by atoms with E-state index >= 15 is 0 Å². The maximum atomic E-state index is 12.9. The summed E-state index contributed by atoms with van der Waals surface area (Å²) >= 11 is 0. The van der Waals surface area contributed by atoms with Gasteiger partial charge in [-0.2, -0.15) is 0 Å². The van der Waals surface area contributed by atoms with Crippen LogP contribution < -0.4 is 0 Å². The minimum atomic E-state index is 1.05. The predicted molar refractivity (Wildman–Crippen MR) is 253 cm³/mol. The normalized spacial score (nSPS) is 13.2. The van der Waals surface area contributed by atoms with Gasteiger partial charge in [0, 0.05) is 22.3 Å². The van der Waals surface area contributed by atoms with Crippen LogP contribution in [0.3, 0.4) is 0 Å².